The van der Waals surface area contributed by atoms with E-state index < -0.39 is 6.61 Å². The molecule has 0 aliphatic carbocycles. The Balaban J connectivity index is 0.00000300. The highest BCUT2D eigenvalue weighted by molar-refractivity contribution is 14.0. The molecule has 0 amide bonds. The highest BCUT2D eigenvalue weighted by atomic mass is 127. The van der Waals surface area contributed by atoms with Gasteiger partial charge < -0.3 is 19.4 Å². The third-order valence-corrected chi connectivity index (χ3v) is 4.32. The number of guanidine groups is 1. The van der Waals surface area contributed by atoms with Gasteiger partial charge in [0.15, 0.2) is 5.96 Å². The quantitative estimate of drug-likeness (QED) is 0.306. The molecule has 0 bridgehead atoms. The molecule has 6 nitrogen and oxygen atoms in total. The van der Waals surface area contributed by atoms with Gasteiger partial charge in [-0.25, -0.2) is 4.98 Å². The molecule has 3 rings (SSSR count). The smallest absolute Gasteiger partial charge is 0.387 e. The van der Waals surface area contributed by atoms with Crippen molar-refractivity contribution < 1.29 is 13.5 Å². The van der Waals surface area contributed by atoms with Gasteiger partial charge in [0.1, 0.15) is 11.4 Å². The monoisotopic (exact) mass is 515 g/mol. The number of rotatable bonds is 6. The lowest BCUT2D eigenvalue weighted by Crippen LogP contribution is -2.38. The molecule has 0 saturated carbocycles. The predicted octanol–water partition coefficient (Wildman–Crippen LogP) is 4.07. The van der Waals surface area contributed by atoms with Crippen LogP contribution in [0.15, 0.2) is 53.7 Å². The Morgan fingerprint density at radius 3 is 2.59 bits per heavy atom. The number of aliphatic imine (C=N–C) groups is 1. The number of ether oxygens (including phenoxy) is 1. The van der Waals surface area contributed by atoms with E-state index in [9.17, 15) is 8.78 Å². The first-order valence-electron chi connectivity index (χ1n) is 8.85. The summed E-state index contributed by atoms with van der Waals surface area (Å²) in [6, 6.07) is 12.6. The van der Waals surface area contributed by atoms with E-state index in [1.807, 2.05) is 47.7 Å². The average Bonchev–Trinajstić information content (AvgIpc) is 3.08. The molecule has 1 N–H and O–H groups in total. The fraction of sp³-hybridized carbons (Fsp3) is 0.300. The van der Waals surface area contributed by atoms with E-state index in [0.29, 0.717) is 19.0 Å². The van der Waals surface area contributed by atoms with Crippen molar-refractivity contribution in [3.63, 3.8) is 0 Å². The molecule has 2 heterocycles. The van der Waals surface area contributed by atoms with Crippen molar-refractivity contribution in [1.29, 1.82) is 0 Å². The average molecular weight is 515 g/mol. The first kappa shape index (κ1) is 22.9. The number of fused-ring (bicyclic) bond motifs is 1. The van der Waals surface area contributed by atoms with Gasteiger partial charge in [-0.15, -0.1) is 24.0 Å². The Bertz CT molecular complexity index is 959. The minimum atomic E-state index is -2.82. The molecule has 0 fully saturated rings. The normalized spacial score (nSPS) is 11.4. The summed E-state index contributed by atoms with van der Waals surface area (Å²) in [5, 5.41) is 3.30. The molecule has 0 unspecified atom stereocenters. The Morgan fingerprint density at radius 2 is 1.97 bits per heavy atom. The van der Waals surface area contributed by atoms with Crippen LogP contribution in [0.2, 0.25) is 0 Å². The van der Waals surface area contributed by atoms with Crippen molar-refractivity contribution in [3.05, 3.63) is 65.6 Å². The summed E-state index contributed by atoms with van der Waals surface area (Å²) in [6.45, 7) is 0.328. The highest BCUT2D eigenvalue weighted by Crippen LogP contribution is 2.16. The van der Waals surface area contributed by atoms with Gasteiger partial charge in [-0.1, -0.05) is 18.2 Å². The number of halogens is 3. The summed E-state index contributed by atoms with van der Waals surface area (Å²) in [6.07, 6.45) is 2.01. The van der Waals surface area contributed by atoms with Crippen molar-refractivity contribution in [1.82, 2.24) is 19.6 Å². The second-order valence-electron chi connectivity index (χ2n) is 6.41. The zero-order valence-electron chi connectivity index (χ0n) is 16.5. The lowest BCUT2D eigenvalue weighted by Gasteiger charge is -2.22. The maximum Gasteiger partial charge on any atom is 0.387 e. The number of aryl methyl sites for hydroxylation is 1. The fourth-order valence-electron chi connectivity index (χ4n) is 2.96. The summed E-state index contributed by atoms with van der Waals surface area (Å²) in [4.78, 5) is 10.9. The molecular weight excluding hydrogens is 491 g/mol. The van der Waals surface area contributed by atoms with E-state index in [-0.39, 0.29) is 29.7 Å². The van der Waals surface area contributed by atoms with Gasteiger partial charge in [-0.3, -0.25) is 4.99 Å². The molecule has 3 aromatic rings. The molecule has 0 radical (unpaired) electrons. The minimum absolute atomic E-state index is 0. The standard InChI is InChI=1S/C20H23F2N5O.HI/c1-14-5-4-6-18-25-16(13-27(14)18)11-24-20(23-2)26(3)12-15-7-9-17(10-8-15)28-19(21)22;/h4-10,13,19H,11-12H2,1-3H3,(H,23,24);1H. The van der Waals surface area contributed by atoms with Crippen LogP contribution in [0.3, 0.4) is 0 Å². The molecule has 0 atom stereocenters. The topological polar surface area (TPSA) is 54.2 Å². The van der Waals surface area contributed by atoms with Gasteiger partial charge in [-0.05, 0) is 36.8 Å². The van der Waals surface area contributed by atoms with Gasteiger partial charge in [0, 0.05) is 32.5 Å². The van der Waals surface area contributed by atoms with Gasteiger partial charge in [0.2, 0.25) is 0 Å². The highest BCUT2D eigenvalue weighted by Gasteiger charge is 2.10. The van der Waals surface area contributed by atoms with E-state index in [1.165, 1.54) is 12.1 Å². The number of imidazole rings is 1. The SMILES string of the molecule is CN=C(NCc1cn2c(C)cccc2n1)N(C)Cc1ccc(OC(F)F)cc1.I. The van der Waals surface area contributed by atoms with Crippen LogP contribution >= 0.6 is 24.0 Å². The van der Waals surface area contributed by atoms with Crippen LogP contribution in [-0.2, 0) is 13.1 Å². The lowest BCUT2D eigenvalue weighted by atomic mass is 10.2. The zero-order valence-corrected chi connectivity index (χ0v) is 18.8. The van der Waals surface area contributed by atoms with Crippen LogP contribution in [0.1, 0.15) is 17.0 Å². The Morgan fingerprint density at radius 1 is 1.24 bits per heavy atom. The molecular formula is C20H24F2IN5O. The molecule has 0 aliphatic heterocycles. The Labute approximate surface area is 185 Å². The third-order valence-electron chi connectivity index (χ3n) is 4.32. The Kier molecular flexibility index (Phi) is 8.18. The van der Waals surface area contributed by atoms with Crippen molar-refractivity contribution >= 4 is 35.6 Å². The van der Waals surface area contributed by atoms with Crippen LogP contribution < -0.4 is 10.1 Å². The molecule has 9 heteroatoms. The number of alkyl halides is 2. The Hall–Kier alpha value is -2.43. The summed E-state index contributed by atoms with van der Waals surface area (Å²) < 4.78 is 30.9. The molecule has 156 valence electrons. The first-order chi connectivity index (χ1) is 13.5. The minimum Gasteiger partial charge on any atom is -0.435 e. The van der Waals surface area contributed by atoms with Gasteiger partial charge >= 0.3 is 6.61 Å². The fourth-order valence-corrected chi connectivity index (χ4v) is 2.96. The second kappa shape index (κ2) is 10.4. The number of nitrogens with one attached hydrogen (secondary N) is 1. The predicted molar refractivity (Wildman–Crippen MR) is 120 cm³/mol. The number of aromatic nitrogens is 2. The molecule has 0 aliphatic rings. The third kappa shape index (κ3) is 6.02. The summed E-state index contributed by atoms with van der Waals surface area (Å²) in [5.74, 6) is 0.854. The molecule has 0 saturated heterocycles. The van der Waals surface area contributed by atoms with Crippen molar-refractivity contribution in [3.8, 4) is 5.75 Å². The molecule has 1 aromatic carbocycles. The van der Waals surface area contributed by atoms with Crippen LogP contribution in [0.25, 0.3) is 5.65 Å². The van der Waals surface area contributed by atoms with Gasteiger partial charge in [0.25, 0.3) is 0 Å². The van der Waals surface area contributed by atoms with Crippen molar-refractivity contribution in [2.45, 2.75) is 26.6 Å². The number of hydrogen-bond donors (Lipinski definition) is 1. The zero-order chi connectivity index (χ0) is 20.1. The number of pyridine rings is 1. The second-order valence-corrected chi connectivity index (χ2v) is 6.41. The maximum absolute atomic E-state index is 12.2. The first-order valence-corrected chi connectivity index (χ1v) is 8.85. The van der Waals surface area contributed by atoms with E-state index in [4.69, 9.17) is 0 Å². The molecule has 0 spiro atoms. The van der Waals surface area contributed by atoms with Crippen molar-refractivity contribution in [2.24, 2.45) is 4.99 Å². The van der Waals surface area contributed by atoms with Crippen LogP contribution in [0.4, 0.5) is 8.78 Å². The maximum atomic E-state index is 12.2. The number of nitrogens with zero attached hydrogens (tertiary/aromatic N) is 4. The van der Waals surface area contributed by atoms with Crippen LogP contribution in [0, 0.1) is 6.92 Å². The summed E-state index contributed by atoms with van der Waals surface area (Å²) in [5.41, 5.74) is 3.90. The van der Waals surface area contributed by atoms with Crippen LogP contribution in [-0.4, -0.2) is 41.0 Å². The molecule has 2 aromatic heterocycles. The van der Waals surface area contributed by atoms with Gasteiger partial charge in [0.05, 0.1) is 12.2 Å². The molecule has 29 heavy (non-hydrogen) atoms. The van der Waals surface area contributed by atoms with E-state index in [2.05, 4.69) is 20.0 Å². The van der Waals surface area contributed by atoms with Crippen molar-refractivity contribution in [2.75, 3.05) is 14.1 Å². The van der Waals surface area contributed by atoms with Gasteiger partial charge in [-0.2, -0.15) is 8.78 Å². The summed E-state index contributed by atoms with van der Waals surface area (Å²) in [7, 11) is 3.62. The van der Waals surface area contributed by atoms with Crippen LogP contribution in [0.5, 0.6) is 5.75 Å². The van der Waals surface area contributed by atoms with E-state index in [1.54, 1.807) is 19.2 Å². The van der Waals surface area contributed by atoms with E-state index >= 15 is 0 Å². The number of hydrogen-bond acceptors (Lipinski definition) is 3. The summed E-state index contributed by atoms with van der Waals surface area (Å²) >= 11 is 0. The van der Waals surface area contributed by atoms with E-state index in [0.717, 1.165) is 22.6 Å². The number of benzene rings is 1. The lowest BCUT2D eigenvalue weighted by molar-refractivity contribution is -0.0498. The largest absolute Gasteiger partial charge is 0.435 e.